The van der Waals surface area contributed by atoms with E-state index in [0.29, 0.717) is 24.3 Å². The molecule has 0 aliphatic rings. The van der Waals surface area contributed by atoms with E-state index in [2.05, 4.69) is 16.0 Å². The third kappa shape index (κ3) is 11.6. The van der Waals surface area contributed by atoms with Crippen molar-refractivity contribution >= 4 is 53.1 Å². The topological polar surface area (TPSA) is 194 Å². The number of carbonyl (C=O) groups is 5. The molecule has 0 saturated heterocycles. The molecule has 32 heavy (non-hydrogen) atoms. The van der Waals surface area contributed by atoms with Gasteiger partial charge in [0.1, 0.15) is 18.1 Å². The van der Waals surface area contributed by atoms with Crippen molar-refractivity contribution < 1.29 is 29.1 Å². The van der Waals surface area contributed by atoms with Gasteiger partial charge in [-0.15, -0.1) is 0 Å². The summed E-state index contributed by atoms with van der Waals surface area (Å²) in [4.78, 5) is 60.3. The van der Waals surface area contributed by atoms with E-state index in [0.717, 1.165) is 0 Å². The van der Waals surface area contributed by atoms with Gasteiger partial charge in [-0.3, -0.25) is 19.2 Å². The van der Waals surface area contributed by atoms with Gasteiger partial charge >= 0.3 is 5.97 Å². The zero-order chi connectivity index (χ0) is 24.8. The number of carboxylic acids is 1. The van der Waals surface area contributed by atoms with E-state index in [1.165, 1.54) is 11.8 Å². The fourth-order valence-corrected chi connectivity index (χ4v) is 3.57. The zero-order valence-electron chi connectivity index (χ0n) is 18.9. The molecule has 0 aliphatic carbocycles. The zero-order valence-corrected chi connectivity index (χ0v) is 20.5. The van der Waals surface area contributed by atoms with Crippen molar-refractivity contribution in [1.82, 2.24) is 16.0 Å². The van der Waals surface area contributed by atoms with Crippen LogP contribution in [0.15, 0.2) is 0 Å². The Morgan fingerprint density at radius 2 is 1.38 bits per heavy atom. The maximum absolute atomic E-state index is 12.9. The largest absolute Gasteiger partial charge is 0.480 e. The van der Waals surface area contributed by atoms with Crippen molar-refractivity contribution in [2.24, 2.45) is 17.4 Å². The van der Waals surface area contributed by atoms with E-state index in [9.17, 15) is 29.1 Å². The van der Waals surface area contributed by atoms with Gasteiger partial charge in [0.15, 0.2) is 0 Å². The summed E-state index contributed by atoms with van der Waals surface area (Å²) >= 11 is 3.05. The van der Waals surface area contributed by atoms with E-state index in [-0.39, 0.29) is 0 Å². The van der Waals surface area contributed by atoms with Gasteiger partial charge < -0.3 is 32.5 Å². The van der Waals surface area contributed by atoms with E-state index in [4.69, 9.17) is 11.5 Å². The SMILES string of the molecule is CSCCC(N)C(=O)NC(CCSC)C(=O)NC(C(=O)NC(CC(N)=O)C(=O)O)C(C)C. The van der Waals surface area contributed by atoms with Gasteiger partial charge in [-0.05, 0) is 42.8 Å². The quantitative estimate of drug-likeness (QED) is 0.155. The van der Waals surface area contributed by atoms with E-state index >= 15 is 0 Å². The highest BCUT2D eigenvalue weighted by atomic mass is 32.2. The summed E-state index contributed by atoms with van der Waals surface area (Å²) in [7, 11) is 0. The van der Waals surface area contributed by atoms with Crippen molar-refractivity contribution in [2.45, 2.75) is 57.3 Å². The van der Waals surface area contributed by atoms with E-state index in [1.807, 2.05) is 12.5 Å². The molecular formula is C19H35N5O6S2. The lowest BCUT2D eigenvalue weighted by atomic mass is 10.0. The molecule has 4 atom stereocenters. The van der Waals surface area contributed by atoms with Gasteiger partial charge in [0.05, 0.1) is 12.5 Å². The molecule has 11 nitrogen and oxygen atoms in total. The molecule has 0 fully saturated rings. The summed E-state index contributed by atoms with van der Waals surface area (Å²) in [6, 6.07) is -4.28. The van der Waals surface area contributed by atoms with Crippen LogP contribution in [0.25, 0.3) is 0 Å². The van der Waals surface area contributed by atoms with Crippen molar-refractivity contribution in [3.05, 3.63) is 0 Å². The molecule has 4 unspecified atom stereocenters. The smallest absolute Gasteiger partial charge is 0.326 e. The minimum Gasteiger partial charge on any atom is -0.480 e. The Kier molecular flexibility index (Phi) is 14.8. The normalized spacial score (nSPS) is 14.7. The minimum absolute atomic E-state index is 0.319. The number of aliphatic carboxylic acids is 1. The fraction of sp³-hybridized carbons (Fsp3) is 0.737. The molecule has 0 aliphatic heterocycles. The van der Waals surface area contributed by atoms with Crippen LogP contribution in [0.1, 0.15) is 33.1 Å². The Hall–Kier alpha value is -1.99. The second-order valence-corrected chi connectivity index (χ2v) is 9.50. The Balaban J connectivity index is 5.34. The average Bonchev–Trinajstić information content (AvgIpc) is 2.71. The lowest BCUT2D eigenvalue weighted by Crippen LogP contribution is -2.58. The van der Waals surface area contributed by atoms with E-state index in [1.54, 1.807) is 25.6 Å². The second-order valence-electron chi connectivity index (χ2n) is 7.53. The van der Waals surface area contributed by atoms with Crippen LogP contribution in [0.5, 0.6) is 0 Å². The number of hydrogen-bond donors (Lipinski definition) is 6. The van der Waals surface area contributed by atoms with Crippen LogP contribution in [0.2, 0.25) is 0 Å². The number of amides is 4. The van der Waals surface area contributed by atoms with Crippen LogP contribution in [0, 0.1) is 5.92 Å². The molecule has 184 valence electrons. The van der Waals surface area contributed by atoms with Crippen molar-refractivity contribution in [2.75, 3.05) is 24.0 Å². The number of carbonyl (C=O) groups excluding carboxylic acids is 4. The first kappa shape index (κ1) is 30.0. The molecule has 0 aromatic heterocycles. The number of hydrogen-bond acceptors (Lipinski definition) is 8. The molecule has 0 spiro atoms. The molecule has 13 heteroatoms. The molecular weight excluding hydrogens is 458 g/mol. The van der Waals surface area contributed by atoms with Gasteiger partial charge in [0.25, 0.3) is 0 Å². The van der Waals surface area contributed by atoms with Crippen LogP contribution >= 0.6 is 23.5 Å². The maximum Gasteiger partial charge on any atom is 0.326 e. The number of rotatable bonds is 16. The first-order valence-corrected chi connectivity index (χ1v) is 12.9. The molecule has 0 aromatic rings. The third-order valence-electron chi connectivity index (χ3n) is 4.48. The maximum atomic E-state index is 12.9. The number of thioether (sulfide) groups is 2. The molecule has 0 heterocycles. The Morgan fingerprint density at radius 1 is 0.844 bits per heavy atom. The lowest BCUT2D eigenvalue weighted by molar-refractivity contribution is -0.144. The van der Waals surface area contributed by atoms with Crippen LogP contribution in [-0.2, 0) is 24.0 Å². The Labute approximate surface area is 196 Å². The van der Waals surface area contributed by atoms with Gasteiger partial charge in [-0.25, -0.2) is 4.79 Å². The summed E-state index contributed by atoms with van der Waals surface area (Å²) in [6.07, 6.45) is 3.95. The van der Waals surface area contributed by atoms with Gasteiger partial charge in [0, 0.05) is 0 Å². The third-order valence-corrected chi connectivity index (χ3v) is 5.77. The van der Waals surface area contributed by atoms with Crippen LogP contribution in [-0.4, -0.2) is 82.9 Å². The highest BCUT2D eigenvalue weighted by molar-refractivity contribution is 7.98. The van der Waals surface area contributed by atoms with Crippen molar-refractivity contribution in [3.8, 4) is 0 Å². The summed E-state index contributed by atoms with van der Waals surface area (Å²) in [5, 5.41) is 16.7. The molecule has 4 amide bonds. The van der Waals surface area contributed by atoms with Crippen LogP contribution in [0.3, 0.4) is 0 Å². The molecule has 0 aromatic carbocycles. The molecule has 0 saturated carbocycles. The first-order valence-electron chi connectivity index (χ1n) is 10.1. The lowest BCUT2D eigenvalue weighted by Gasteiger charge is -2.27. The van der Waals surface area contributed by atoms with Gasteiger partial charge in [0.2, 0.25) is 23.6 Å². The second kappa shape index (κ2) is 15.8. The highest BCUT2D eigenvalue weighted by Crippen LogP contribution is 2.08. The van der Waals surface area contributed by atoms with Crippen LogP contribution < -0.4 is 27.4 Å². The molecule has 0 bridgehead atoms. The Bertz CT molecular complexity index is 664. The van der Waals surface area contributed by atoms with E-state index < -0.39 is 66.1 Å². The first-order chi connectivity index (χ1) is 14.9. The highest BCUT2D eigenvalue weighted by Gasteiger charge is 2.32. The summed E-state index contributed by atoms with van der Waals surface area (Å²) in [5.74, 6) is -3.25. The van der Waals surface area contributed by atoms with Crippen molar-refractivity contribution in [1.29, 1.82) is 0 Å². The van der Waals surface area contributed by atoms with Crippen LogP contribution in [0.4, 0.5) is 0 Å². The summed E-state index contributed by atoms with van der Waals surface area (Å²) in [5.41, 5.74) is 10.9. The number of nitrogens with one attached hydrogen (secondary N) is 3. The summed E-state index contributed by atoms with van der Waals surface area (Å²) < 4.78 is 0. The molecule has 8 N–H and O–H groups in total. The standard InChI is InChI=1S/C19H35N5O6S2/c1-10(2)15(18(28)23-13(19(29)30)9-14(21)25)24-17(27)12(6-8-32-4)22-16(26)11(20)5-7-31-3/h10-13,15H,5-9,20H2,1-4H3,(H2,21,25)(H,22,26)(H,23,28)(H,24,27)(H,29,30). The predicted octanol–water partition coefficient (Wildman–Crippen LogP) is -1.11. The fourth-order valence-electron chi connectivity index (χ4n) is 2.61. The predicted molar refractivity (Wildman–Crippen MR) is 126 cm³/mol. The molecule has 0 radical (unpaired) electrons. The monoisotopic (exact) mass is 493 g/mol. The van der Waals surface area contributed by atoms with Gasteiger partial charge in [-0.1, -0.05) is 13.8 Å². The van der Waals surface area contributed by atoms with Crippen molar-refractivity contribution in [3.63, 3.8) is 0 Å². The number of carboxylic acid groups (broad SMARTS) is 1. The Morgan fingerprint density at radius 3 is 1.84 bits per heavy atom. The number of primary amides is 1. The van der Waals surface area contributed by atoms with Gasteiger partial charge in [-0.2, -0.15) is 23.5 Å². The molecule has 0 rings (SSSR count). The number of nitrogens with two attached hydrogens (primary N) is 2. The summed E-state index contributed by atoms with van der Waals surface area (Å²) in [6.45, 7) is 3.34. The average molecular weight is 494 g/mol. The minimum atomic E-state index is -1.51.